The van der Waals surface area contributed by atoms with Gasteiger partial charge in [-0.1, -0.05) is 6.08 Å². The van der Waals surface area contributed by atoms with Crippen molar-refractivity contribution < 1.29 is 33.6 Å². The van der Waals surface area contributed by atoms with E-state index in [1.165, 1.54) is 16.7 Å². The SMILES string of the molecule is CC(C)(C)OC(=O)NCCCNC(=O)c1cc[n+](C/C=C/C2=C(C(=O)[O-])N3C(=O)[C@@H](N)[C@H]3SC2)cc1.I. The lowest BCUT2D eigenvalue weighted by Gasteiger charge is -2.49. The van der Waals surface area contributed by atoms with E-state index in [2.05, 4.69) is 10.6 Å². The maximum absolute atomic E-state index is 12.3. The topological polar surface area (TPSA) is 158 Å². The van der Waals surface area contributed by atoms with Gasteiger partial charge in [-0.2, -0.15) is 0 Å². The van der Waals surface area contributed by atoms with Gasteiger partial charge in [-0.05, 0) is 38.8 Å². The maximum Gasteiger partial charge on any atom is 0.407 e. The Morgan fingerprint density at radius 2 is 1.89 bits per heavy atom. The van der Waals surface area contributed by atoms with E-state index in [1.54, 1.807) is 57.4 Å². The fraction of sp³-hybridized carbons (Fsp3) is 0.458. The molecule has 0 aromatic carbocycles. The van der Waals surface area contributed by atoms with Gasteiger partial charge in [0, 0.05) is 31.0 Å². The van der Waals surface area contributed by atoms with Crippen molar-refractivity contribution in [2.75, 3.05) is 18.8 Å². The minimum Gasteiger partial charge on any atom is -0.543 e. The number of halogens is 1. The van der Waals surface area contributed by atoms with Crippen molar-refractivity contribution in [1.29, 1.82) is 0 Å². The van der Waals surface area contributed by atoms with Gasteiger partial charge in [-0.15, -0.1) is 35.7 Å². The first-order chi connectivity index (χ1) is 17.0. The molecule has 202 valence electrons. The van der Waals surface area contributed by atoms with E-state index in [0.717, 1.165) is 0 Å². The lowest BCUT2D eigenvalue weighted by atomic mass is 10.0. The van der Waals surface area contributed by atoms with Crippen LogP contribution >= 0.6 is 35.7 Å². The molecule has 3 rings (SSSR count). The third-order valence-electron chi connectivity index (χ3n) is 5.33. The Kier molecular flexibility index (Phi) is 10.9. The summed E-state index contributed by atoms with van der Waals surface area (Å²) < 4.78 is 6.97. The lowest BCUT2D eigenvalue weighted by molar-refractivity contribution is -0.687. The van der Waals surface area contributed by atoms with E-state index in [1.807, 2.05) is 4.57 Å². The molecule has 2 aliphatic heterocycles. The smallest absolute Gasteiger partial charge is 0.407 e. The van der Waals surface area contributed by atoms with Gasteiger partial charge in [0.25, 0.3) is 5.91 Å². The number of carbonyl (C=O) groups excluding carboxylic acids is 4. The van der Waals surface area contributed by atoms with Crippen LogP contribution in [0.3, 0.4) is 0 Å². The summed E-state index contributed by atoms with van der Waals surface area (Å²) in [5.41, 5.74) is 6.04. The number of aromatic nitrogens is 1. The molecular weight excluding hydrogens is 613 g/mol. The third-order valence-corrected chi connectivity index (χ3v) is 6.65. The molecular formula is C24H32IN5O6S. The number of ether oxygens (including phenoxy) is 1. The van der Waals surface area contributed by atoms with E-state index in [0.29, 0.717) is 42.9 Å². The normalized spacial score (nSPS) is 19.0. The van der Waals surface area contributed by atoms with Crippen molar-refractivity contribution in [2.24, 2.45) is 5.73 Å². The van der Waals surface area contributed by atoms with Crippen LogP contribution in [-0.4, -0.2) is 64.6 Å². The van der Waals surface area contributed by atoms with Crippen LogP contribution < -0.4 is 26.0 Å². The molecule has 3 amide bonds. The van der Waals surface area contributed by atoms with Gasteiger partial charge >= 0.3 is 6.09 Å². The number of thioether (sulfide) groups is 1. The fourth-order valence-corrected chi connectivity index (χ4v) is 4.87. The quantitative estimate of drug-likeness (QED) is 0.147. The maximum atomic E-state index is 12.3. The zero-order chi connectivity index (χ0) is 26.5. The van der Waals surface area contributed by atoms with Gasteiger partial charge < -0.3 is 31.0 Å². The number of pyridine rings is 1. The number of nitrogens with zero attached hydrogens (tertiary/aromatic N) is 2. The number of allylic oxidation sites excluding steroid dienone is 2. The highest BCUT2D eigenvalue weighted by Crippen LogP contribution is 2.39. The molecule has 11 nitrogen and oxygen atoms in total. The molecule has 0 saturated carbocycles. The van der Waals surface area contributed by atoms with Gasteiger partial charge in [0.15, 0.2) is 18.9 Å². The number of β-lactam (4-membered cyclic amide) rings is 1. The number of aliphatic carboxylic acids is 1. The number of carbonyl (C=O) groups is 4. The molecule has 13 heteroatoms. The first-order valence-corrected chi connectivity index (χ1v) is 12.6. The number of alkyl carbamates (subject to hydrolysis) is 1. The number of carboxylic acid groups (broad SMARTS) is 1. The summed E-state index contributed by atoms with van der Waals surface area (Å²) in [5, 5.41) is 16.7. The van der Waals surface area contributed by atoms with Crippen molar-refractivity contribution >= 4 is 59.6 Å². The Balaban J connectivity index is 0.00000481. The van der Waals surface area contributed by atoms with Crippen molar-refractivity contribution in [1.82, 2.24) is 15.5 Å². The molecule has 2 aliphatic rings. The second kappa shape index (κ2) is 13.2. The van der Waals surface area contributed by atoms with Gasteiger partial charge in [-0.3, -0.25) is 14.5 Å². The molecule has 0 bridgehead atoms. The molecule has 1 aromatic heterocycles. The number of rotatable bonds is 9. The van der Waals surface area contributed by atoms with Crippen molar-refractivity contribution in [2.45, 2.75) is 50.8 Å². The summed E-state index contributed by atoms with van der Waals surface area (Å²) in [4.78, 5) is 48.7. The molecule has 1 saturated heterocycles. The van der Waals surface area contributed by atoms with Gasteiger partial charge in [0.1, 0.15) is 17.0 Å². The predicted octanol–water partition coefficient (Wildman–Crippen LogP) is 0.0393. The molecule has 1 fully saturated rings. The van der Waals surface area contributed by atoms with Crippen LogP contribution in [0.5, 0.6) is 0 Å². The Labute approximate surface area is 236 Å². The average molecular weight is 646 g/mol. The van der Waals surface area contributed by atoms with Gasteiger partial charge in [0.05, 0.1) is 17.2 Å². The number of nitrogens with two attached hydrogens (primary N) is 1. The van der Waals surface area contributed by atoms with Crippen molar-refractivity contribution in [3.63, 3.8) is 0 Å². The molecule has 0 radical (unpaired) electrons. The molecule has 4 N–H and O–H groups in total. The number of fused-ring (bicyclic) bond motifs is 1. The lowest BCUT2D eigenvalue weighted by Crippen LogP contribution is -2.69. The number of hydrogen-bond donors (Lipinski definition) is 3. The van der Waals surface area contributed by atoms with Crippen LogP contribution in [0.15, 0.2) is 47.9 Å². The Morgan fingerprint density at radius 1 is 1.24 bits per heavy atom. The van der Waals surface area contributed by atoms with Crippen molar-refractivity contribution in [3.05, 3.63) is 53.5 Å². The summed E-state index contributed by atoms with van der Waals surface area (Å²) in [5.74, 6) is -1.63. The molecule has 0 unspecified atom stereocenters. The summed E-state index contributed by atoms with van der Waals surface area (Å²) in [6.45, 7) is 6.57. The molecule has 37 heavy (non-hydrogen) atoms. The Hall–Kier alpha value is -2.65. The first-order valence-electron chi connectivity index (χ1n) is 11.5. The molecule has 0 aliphatic carbocycles. The van der Waals surface area contributed by atoms with Gasteiger partial charge in [0.2, 0.25) is 5.91 Å². The Morgan fingerprint density at radius 3 is 2.51 bits per heavy atom. The number of nitrogens with one attached hydrogen (secondary N) is 2. The first kappa shape index (κ1) is 30.6. The third kappa shape index (κ3) is 8.17. The molecule has 1 aromatic rings. The Bertz CT molecular complexity index is 1090. The predicted molar refractivity (Wildman–Crippen MR) is 145 cm³/mol. The zero-order valence-electron chi connectivity index (χ0n) is 20.9. The molecule has 3 heterocycles. The number of amides is 3. The second-order valence-electron chi connectivity index (χ2n) is 9.32. The summed E-state index contributed by atoms with van der Waals surface area (Å²) in [6, 6.07) is 2.67. The highest BCUT2D eigenvalue weighted by Gasteiger charge is 2.49. The van der Waals surface area contributed by atoms with Gasteiger partial charge in [-0.25, -0.2) is 9.36 Å². The monoisotopic (exact) mass is 645 g/mol. The van der Waals surface area contributed by atoms with E-state index in [4.69, 9.17) is 10.5 Å². The highest BCUT2D eigenvalue weighted by molar-refractivity contribution is 14.0. The van der Waals surface area contributed by atoms with Crippen LogP contribution in [-0.2, 0) is 20.9 Å². The fourth-order valence-electron chi connectivity index (χ4n) is 3.60. The van der Waals surface area contributed by atoms with Crippen LogP contribution in [0.25, 0.3) is 0 Å². The number of hydrogen-bond acceptors (Lipinski definition) is 8. The van der Waals surface area contributed by atoms with E-state index in [9.17, 15) is 24.3 Å². The van der Waals surface area contributed by atoms with E-state index >= 15 is 0 Å². The van der Waals surface area contributed by atoms with Crippen molar-refractivity contribution in [3.8, 4) is 0 Å². The van der Waals surface area contributed by atoms with Crippen LogP contribution in [0.2, 0.25) is 0 Å². The summed E-state index contributed by atoms with van der Waals surface area (Å²) in [7, 11) is 0. The number of carboxylic acids is 1. The minimum absolute atomic E-state index is 0. The van der Waals surface area contributed by atoms with E-state index < -0.39 is 29.6 Å². The summed E-state index contributed by atoms with van der Waals surface area (Å²) >= 11 is 1.42. The average Bonchev–Trinajstić information content (AvgIpc) is 2.81. The van der Waals surface area contributed by atoms with Crippen LogP contribution in [0.4, 0.5) is 4.79 Å². The highest BCUT2D eigenvalue weighted by atomic mass is 127. The van der Waals surface area contributed by atoms with Crippen LogP contribution in [0.1, 0.15) is 37.6 Å². The summed E-state index contributed by atoms with van der Waals surface area (Å²) in [6.07, 6.45) is 6.99. The standard InChI is InChI=1S/C24H31N5O6S.HI/c1-24(2,3)35-23(34)27-10-5-9-26-19(30)15-7-12-28(13-8-15)11-4-6-16-14-36-21-17(25)20(31)29(21)18(16)22(32)33;/h4,6-8,12-13,17,21H,5,9-11,14,25H2,1-3H3,(H2-,26,27,30,32,33,34);1H/b6-4+;/t17-,21-;/m1./s1. The molecule has 0 spiro atoms. The van der Waals surface area contributed by atoms with Crippen LogP contribution in [0, 0.1) is 0 Å². The largest absolute Gasteiger partial charge is 0.543 e. The molecule has 2 atom stereocenters. The minimum atomic E-state index is -1.40. The zero-order valence-corrected chi connectivity index (χ0v) is 24.0. The van der Waals surface area contributed by atoms with E-state index in [-0.39, 0.29) is 41.0 Å². The second-order valence-corrected chi connectivity index (χ2v) is 10.4.